The molecule has 1 aromatic rings. The van der Waals surface area contributed by atoms with Gasteiger partial charge in [-0.2, -0.15) is 0 Å². The van der Waals surface area contributed by atoms with Crippen LogP contribution in [0.3, 0.4) is 0 Å². The van der Waals surface area contributed by atoms with Crippen molar-refractivity contribution >= 4 is 35.2 Å². The second kappa shape index (κ2) is 7.26. The predicted molar refractivity (Wildman–Crippen MR) is 80.4 cm³/mol. The molecule has 0 fully saturated rings. The molecule has 8 heteroatoms. The van der Waals surface area contributed by atoms with E-state index in [1.807, 2.05) is 0 Å². The van der Waals surface area contributed by atoms with Crippen molar-refractivity contribution in [3.8, 4) is 0 Å². The zero-order valence-corrected chi connectivity index (χ0v) is 12.4. The minimum Gasteiger partial charge on any atom is -0.481 e. The Morgan fingerprint density at radius 1 is 1.45 bits per heavy atom. The standard InChI is InChI=1S/C14H15FN2O4S/c15-8-1-2-9-10(6-12(18)17-11(9)5-8)14(21)16-3-4-22-7-13(19)20/h1-2,5,10H,3-4,6-7H2,(H,16,21)(H,17,18)(H,19,20). The van der Waals surface area contributed by atoms with Gasteiger partial charge in [0.2, 0.25) is 11.8 Å². The summed E-state index contributed by atoms with van der Waals surface area (Å²) in [5.41, 5.74) is 0.897. The summed E-state index contributed by atoms with van der Waals surface area (Å²) in [5, 5.41) is 13.7. The Morgan fingerprint density at radius 2 is 2.23 bits per heavy atom. The van der Waals surface area contributed by atoms with Crippen LogP contribution in [0.15, 0.2) is 18.2 Å². The Labute approximate surface area is 130 Å². The zero-order valence-electron chi connectivity index (χ0n) is 11.6. The van der Waals surface area contributed by atoms with Gasteiger partial charge in [-0.1, -0.05) is 6.07 Å². The van der Waals surface area contributed by atoms with Crippen molar-refractivity contribution in [1.29, 1.82) is 0 Å². The number of carbonyl (C=O) groups is 3. The van der Waals surface area contributed by atoms with Gasteiger partial charge in [0, 0.05) is 24.4 Å². The molecule has 118 valence electrons. The zero-order chi connectivity index (χ0) is 16.1. The summed E-state index contributed by atoms with van der Waals surface area (Å²) < 4.78 is 13.2. The molecular weight excluding hydrogens is 311 g/mol. The topological polar surface area (TPSA) is 95.5 Å². The van der Waals surface area contributed by atoms with Gasteiger partial charge in [-0.25, -0.2) is 4.39 Å². The number of nitrogens with one attached hydrogen (secondary N) is 2. The highest BCUT2D eigenvalue weighted by molar-refractivity contribution is 7.99. The molecule has 0 aliphatic carbocycles. The van der Waals surface area contributed by atoms with Crippen LogP contribution in [0.1, 0.15) is 17.9 Å². The molecule has 22 heavy (non-hydrogen) atoms. The molecule has 1 aliphatic heterocycles. The third-order valence-corrected chi connectivity index (χ3v) is 4.09. The number of amides is 2. The van der Waals surface area contributed by atoms with Crippen LogP contribution in [-0.2, 0) is 14.4 Å². The van der Waals surface area contributed by atoms with Crippen molar-refractivity contribution < 1.29 is 23.9 Å². The maximum absolute atomic E-state index is 13.2. The van der Waals surface area contributed by atoms with E-state index < -0.39 is 17.7 Å². The van der Waals surface area contributed by atoms with Crippen molar-refractivity contribution in [3.63, 3.8) is 0 Å². The summed E-state index contributed by atoms with van der Waals surface area (Å²) in [5.74, 6) is -2.26. The first-order valence-corrected chi connectivity index (χ1v) is 7.79. The second-order valence-corrected chi connectivity index (χ2v) is 5.88. The maximum Gasteiger partial charge on any atom is 0.313 e. The number of benzene rings is 1. The van der Waals surface area contributed by atoms with Crippen molar-refractivity contribution in [2.75, 3.05) is 23.4 Å². The van der Waals surface area contributed by atoms with Crippen LogP contribution < -0.4 is 10.6 Å². The van der Waals surface area contributed by atoms with Crippen molar-refractivity contribution in [3.05, 3.63) is 29.6 Å². The minimum absolute atomic E-state index is 0.00668. The summed E-state index contributed by atoms with van der Waals surface area (Å²) in [4.78, 5) is 34.2. The number of carboxylic acid groups (broad SMARTS) is 1. The Morgan fingerprint density at radius 3 is 2.95 bits per heavy atom. The summed E-state index contributed by atoms with van der Waals surface area (Å²) >= 11 is 1.19. The number of halogens is 1. The third-order valence-electron chi connectivity index (χ3n) is 3.14. The van der Waals surface area contributed by atoms with E-state index in [2.05, 4.69) is 10.6 Å². The number of aliphatic carboxylic acids is 1. The molecule has 1 heterocycles. The Kier molecular flexibility index (Phi) is 5.37. The van der Waals surface area contributed by atoms with E-state index in [4.69, 9.17) is 5.11 Å². The lowest BCUT2D eigenvalue weighted by Crippen LogP contribution is -2.36. The number of anilines is 1. The Bertz CT molecular complexity index is 609. The molecule has 0 saturated carbocycles. The van der Waals surface area contributed by atoms with Gasteiger partial charge in [0.1, 0.15) is 5.82 Å². The summed E-state index contributed by atoms with van der Waals surface area (Å²) in [6.07, 6.45) is 0.00668. The fraction of sp³-hybridized carbons (Fsp3) is 0.357. The van der Waals surface area contributed by atoms with E-state index in [1.165, 1.54) is 30.0 Å². The summed E-state index contributed by atoms with van der Waals surface area (Å²) in [6.45, 7) is 0.311. The summed E-state index contributed by atoms with van der Waals surface area (Å²) in [6, 6.07) is 3.93. The van der Waals surface area contributed by atoms with Gasteiger partial charge in [0.15, 0.2) is 0 Å². The molecule has 0 saturated heterocycles. The Balaban J connectivity index is 1.95. The van der Waals surface area contributed by atoms with Crippen LogP contribution in [0.5, 0.6) is 0 Å². The number of carbonyl (C=O) groups excluding carboxylic acids is 2. The minimum atomic E-state index is -0.906. The first-order valence-electron chi connectivity index (χ1n) is 6.64. The molecule has 0 aromatic heterocycles. The Hall–Kier alpha value is -2.09. The lowest BCUT2D eigenvalue weighted by atomic mass is 9.90. The fourth-order valence-corrected chi connectivity index (χ4v) is 2.77. The molecule has 0 spiro atoms. The van der Waals surface area contributed by atoms with Crippen LogP contribution in [0.2, 0.25) is 0 Å². The SMILES string of the molecule is O=C(O)CSCCNC(=O)C1CC(=O)Nc2cc(F)ccc21. The van der Waals surface area contributed by atoms with Crippen molar-refractivity contribution in [2.24, 2.45) is 0 Å². The van der Waals surface area contributed by atoms with E-state index in [1.54, 1.807) is 0 Å². The number of carboxylic acids is 1. The van der Waals surface area contributed by atoms with E-state index in [0.29, 0.717) is 23.5 Å². The van der Waals surface area contributed by atoms with Crippen LogP contribution in [0.25, 0.3) is 0 Å². The number of rotatable bonds is 6. The lowest BCUT2D eigenvalue weighted by Gasteiger charge is -2.24. The molecule has 2 rings (SSSR count). The normalized spacial score (nSPS) is 16.6. The highest BCUT2D eigenvalue weighted by Gasteiger charge is 2.30. The first kappa shape index (κ1) is 16.3. The van der Waals surface area contributed by atoms with E-state index in [9.17, 15) is 18.8 Å². The third kappa shape index (κ3) is 4.20. The van der Waals surface area contributed by atoms with Gasteiger partial charge in [-0.05, 0) is 17.7 Å². The number of hydrogen-bond donors (Lipinski definition) is 3. The highest BCUT2D eigenvalue weighted by atomic mass is 32.2. The molecular formula is C14H15FN2O4S. The highest BCUT2D eigenvalue weighted by Crippen LogP contribution is 2.32. The van der Waals surface area contributed by atoms with Crippen molar-refractivity contribution in [1.82, 2.24) is 5.32 Å². The van der Waals surface area contributed by atoms with Gasteiger partial charge in [0.05, 0.1) is 11.7 Å². The second-order valence-electron chi connectivity index (χ2n) is 4.77. The molecule has 1 aromatic carbocycles. The van der Waals surface area contributed by atoms with Gasteiger partial charge in [-0.15, -0.1) is 11.8 Å². The van der Waals surface area contributed by atoms with Crippen LogP contribution in [-0.4, -0.2) is 40.9 Å². The molecule has 0 radical (unpaired) electrons. The first-order chi connectivity index (χ1) is 10.5. The predicted octanol–water partition coefficient (Wildman–Crippen LogP) is 1.19. The molecule has 2 amide bonds. The van der Waals surface area contributed by atoms with Gasteiger partial charge < -0.3 is 15.7 Å². The number of thioether (sulfide) groups is 1. The van der Waals surface area contributed by atoms with Crippen LogP contribution in [0.4, 0.5) is 10.1 Å². The number of hydrogen-bond acceptors (Lipinski definition) is 4. The van der Waals surface area contributed by atoms with E-state index in [-0.39, 0.29) is 24.0 Å². The van der Waals surface area contributed by atoms with Gasteiger partial charge in [0.25, 0.3) is 0 Å². The van der Waals surface area contributed by atoms with Crippen LogP contribution >= 0.6 is 11.8 Å². The van der Waals surface area contributed by atoms with Crippen LogP contribution in [0, 0.1) is 5.82 Å². The maximum atomic E-state index is 13.2. The van der Waals surface area contributed by atoms with E-state index in [0.717, 1.165) is 0 Å². The fourth-order valence-electron chi connectivity index (χ4n) is 2.20. The molecule has 1 unspecified atom stereocenters. The molecule has 0 bridgehead atoms. The monoisotopic (exact) mass is 326 g/mol. The quantitative estimate of drug-likeness (QED) is 0.683. The molecule has 3 N–H and O–H groups in total. The average Bonchev–Trinajstić information content (AvgIpc) is 2.44. The smallest absolute Gasteiger partial charge is 0.313 e. The number of fused-ring (bicyclic) bond motifs is 1. The molecule has 1 aliphatic rings. The average molecular weight is 326 g/mol. The largest absolute Gasteiger partial charge is 0.481 e. The van der Waals surface area contributed by atoms with Gasteiger partial charge in [-0.3, -0.25) is 14.4 Å². The summed E-state index contributed by atoms with van der Waals surface area (Å²) in [7, 11) is 0. The van der Waals surface area contributed by atoms with E-state index >= 15 is 0 Å². The molecule has 6 nitrogen and oxygen atoms in total. The lowest BCUT2D eigenvalue weighted by molar-refractivity contribution is -0.134. The van der Waals surface area contributed by atoms with Crippen molar-refractivity contribution in [2.45, 2.75) is 12.3 Å². The molecule has 1 atom stereocenters. The van der Waals surface area contributed by atoms with Gasteiger partial charge >= 0.3 is 5.97 Å².